The fourth-order valence-electron chi connectivity index (χ4n) is 5.00. The summed E-state index contributed by atoms with van der Waals surface area (Å²) in [6.45, 7) is 0.274. The van der Waals surface area contributed by atoms with E-state index < -0.39 is 16.6 Å². The van der Waals surface area contributed by atoms with Crippen molar-refractivity contribution in [3.63, 3.8) is 0 Å². The summed E-state index contributed by atoms with van der Waals surface area (Å²) in [7, 11) is -0.932. The van der Waals surface area contributed by atoms with Crippen molar-refractivity contribution >= 4 is 38.1 Å². The first-order chi connectivity index (χ1) is 16.4. The molecule has 3 heterocycles. The van der Waals surface area contributed by atoms with Crippen LogP contribution in [0.15, 0.2) is 60.7 Å². The maximum absolute atomic E-state index is 12.3. The molecule has 1 aliphatic heterocycles. The van der Waals surface area contributed by atoms with Crippen molar-refractivity contribution in [2.24, 2.45) is 5.92 Å². The van der Waals surface area contributed by atoms with Crippen LogP contribution in [0.4, 0.5) is 0 Å². The van der Waals surface area contributed by atoms with E-state index in [0.29, 0.717) is 29.2 Å². The number of carboxylic acids is 1. The topological polar surface area (TPSA) is 91.9 Å². The van der Waals surface area contributed by atoms with Crippen LogP contribution in [0.2, 0.25) is 0 Å². The molecule has 2 aromatic heterocycles. The zero-order chi connectivity index (χ0) is 23.9. The highest BCUT2D eigenvalue weighted by molar-refractivity contribution is 8.24. The second kappa shape index (κ2) is 9.20. The number of fused-ring (bicyclic) bond motifs is 1. The van der Waals surface area contributed by atoms with Crippen molar-refractivity contribution in [3.8, 4) is 22.4 Å². The number of aromatic carboxylic acids is 1. The predicted octanol–water partition coefficient (Wildman–Crippen LogP) is 6.65. The summed E-state index contributed by atoms with van der Waals surface area (Å²) >= 11 is 1.30. The molecule has 0 amide bonds. The number of benzene rings is 2. The quantitative estimate of drug-likeness (QED) is 0.266. The lowest BCUT2D eigenvalue weighted by Gasteiger charge is -2.26. The molecule has 1 atom stereocenters. The minimum Gasteiger partial charge on any atom is -0.477 e. The highest BCUT2D eigenvalue weighted by Gasteiger charge is 2.33. The third-order valence-electron chi connectivity index (χ3n) is 6.39. The minimum absolute atomic E-state index is 0.0344. The number of hydrogen-bond donors (Lipinski definition) is 3. The number of methoxy groups -OCH3 is 1. The molecule has 34 heavy (non-hydrogen) atoms. The van der Waals surface area contributed by atoms with Gasteiger partial charge in [-0.25, -0.2) is 4.79 Å². The molecule has 0 radical (unpaired) electrons. The second-order valence-electron chi connectivity index (χ2n) is 8.73. The van der Waals surface area contributed by atoms with Crippen LogP contribution in [0.1, 0.15) is 21.7 Å². The molecule has 0 spiro atoms. The highest BCUT2D eigenvalue weighted by Crippen LogP contribution is 2.51. The summed E-state index contributed by atoms with van der Waals surface area (Å²) < 4.78 is 29.0. The van der Waals surface area contributed by atoms with E-state index in [1.54, 1.807) is 7.11 Å². The summed E-state index contributed by atoms with van der Waals surface area (Å²) in [5.74, 6) is -0.209. The van der Waals surface area contributed by atoms with Crippen LogP contribution in [0.25, 0.3) is 32.6 Å². The molecule has 5 rings (SSSR count). The van der Waals surface area contributed by atoms with Crippen molar-refractivity contribution < 1.29 is 23.7 Å². The van der Waals surface area contributed by atoms with Crippen LogP contribution >= 0.6 is 21.9 Å². The zero-order valence-electron chi connectivity index (χ0n) is 18.8. The highest BCUT2D eigenvalue weighted by atomic mass is 32.3. The molecule has 4 aromatic rings. The van der Waals surface area contributed by atoms with Gasteiger partial charge in [-0.05, 0) is 29.9 Å². The van der Waals surface area contributed by atoms with Gasteiger partial charge in [-0.3, -0.25) is 9.11 Å². The first kappa shape index (κ1) is 23.1. The van der Waals surface area contributed by atoms with Gasteiger partial charge in [-0.2, -0.15) is 10.6 Å². The summed E-state index contributed by atoms with van der Waals surface area (Å²) in [5, 5.41) is 10.1. The van der Waals surface area contributed by atoms with Gasteiger partial charge in [0.05, 0.1) is 15.9 Å². The van der Waals surface area contributed by atoms with E-state index in [2.05, 4.69) is 16.7 Å². The van der Waals surface area contributed by atoms with Gasteiger partial charge in [-0.15, -0.1) is 11.3 Å². The molecule has 178 valence electrons. The third-order valence-corrected chi connectivity index (χ3v) is 9.51. The molecule has 6 nitrogen and oxygen atoms in total. The minimum atomic E-state index is -2.57. The standard InChI is InChI=1S/C26H27NO5S2/c1-32-16-27-22(19-10-6-3-7-11-19)21(18-8-4-2-5-9-18)25-23(27)20(24(33-25)26(28)29)14-17-12-13-34(30,31)15-17/h2-11,17,30-31H,12-16H2,1H3,(H,28,29). The number of aromatic nitrogens is 1. The third kappa shape index (κ3) is 4.16. The Labute approximate surface area is 203 Å². The van der Waals surface area contributed by atoms with Crippen LogP contribution < -0.4 is 0 Å². The molecule has 0 aliphatic carbocycles. The van der Waals surface area contributed by atoms with Gasteiger partial charge in [0.15, 0.2) is 0 Å². The second-order valence-corrected chi connectivity index (χ2v) is 12.1. The van der Waals surface area contributed by atoms with Crippen molar-refractivity contribution in [1.29, 1.82) is 0 Å². The summed E-state index contributed by atoms with van der Waals surface area (Å²) in [4.78, 5) is 12.7. The van der Waals surface area contributed by atoms with Gasteiger partial charge in [-0.1, -0.05) is 60.7 Å². The summed E-state index contributed by atoms with van der Waals surface area (Å²) in [6.07, 6.45) is 1.18. The molecular weight excluding hydrogens is 470 g/mol. The molecule has 1 unspecified atom stereocenters. The Morgan fingerprint density at radius 1 is 1.09 bits per heavy atom. The maximum Gasteiger partial charge on any atom is 0.346 e. The number of thiophene rings is 1. The smallest absolute Gasteiger partial charge is 0.346 e. The van der Waals surface area contributed by atoms with Gasteiger partial charge < -0.3 is 14.4 Å². The Kier molecular flexibility index (Phi) is 6.26. The molecule has 0 saturated carbocycles. The van der Waals surface area contributed by atoms with E-state index in [1.807, 2.05) is 48.5 Å². The maximum atomic E-state index is 12.3. The molecule has 0 bridgehead atoms. The molecule has 2 aromatic carbocycles. The van der Waals surface area contributed by atoms with E-state index in [9.17, 15) is 19.0 Å². The fourth-order valence-corrected chi connectivity index (χ4v) is 8.16. The average Bonchev–Trinajstić information content (AvgIpc) is 3.46. The van der Waals surface area contributed by atoms with Crippen molar-refractivity contribution in [3.05, 3.63) is 71.1 Å². The lowest BCUT2D eigenvalue weighted by Crippen LogP contribution is -2.11. The Hall–Kier alpha value is -2.62. The van der Waals surface area contributed by atoms with E-state index in [1.165, 1.54) is 11.3 Å². The summed E-state index contributed by atoms with van der Waals surface area (Å²) in [5.41, 5.74) is 5.65. The SMILES string of the molecule is COCn1c(-c2ccccc2)c(-c2ccccc2)c2sc(C(=O)O)c(CC3CCS(O)(O)C3)c21. The molecule has 8 heteroatoms. The van der Waals surface area contributed by atoms with Gasteiger partial charge >= 0.3 is 5.97 Å². The number of ether oxygens (including phenoxy) is 1. The molecular formula is C26H27NO5S2. The van der Waals surface area contributed by atoms with E-state index in [0.717, 1.165) is 38.2 Å². The lowest BCUT2D eigenvalue weighted by molar-refractivity contribution is 0.0701. The average molecular weight is 498 g/mol. The lowest BCUT2D eigenvalue weighted by atomic mass is 9.98. The van der Waals surface area contributed by atoms with Gasteiger partial charge in [0, 0.05) is 29.7 Å². The molecule has 1 saturated heterocycles. The van der Waals surface area contributed by atoms with Crippen molar-refractivity contribution in [2.45, 2.75) is 19.6 Å². The Morgan fingerprint density at radius 2 is 1.74 bits per heavy atom. The summed E-state index contributed by atoms with van der Waals surface area (Å²) in [6, 6.07) is 20.1. The van der Waals surface area contributed by atoms with E-state index >= 15 is 0 Å². The van der Waals surface area contributed by atoms with Crippen molar-refractivity contribution in [1.82, 2.24) is 4.57 Å². The van der Waals surface area contributed by atoms with E-state index in [4.69, 9.17) is 4.74 Å². The number of carboxylic acid groups (broad SMARTS) is 1. The van der Waals surface area contributed by atoms with Crippen LogP contribution in [-0.4, -0.2) is 43.4 Å². The van der Waals surface area contributed by atoms with Gasteiger partial charge in [0.2, 0.25) is 0 Å². The fraction of sp³-hybridized carbons (Fsp3) is 0.269. The van der Waals surface area contributed by atoms with Crippen LogP contribution in [0.3, 0.4) is 0 Å². The molecule has 3 N–H and O–H groups in total. The van der Waals surface area contributed by atoms with Crippen LogP contribution in [0.5, 0.6) is 0 Å². The first-order valence-electron chi connectivity index (χ1n) is 11.1. The van der Waals surface area contributed by atoms with Crippen LogP contribution in [0, 0.1) is 5.92 Å². The predicted molar refractivity (Wildman–Crippen MR) is 139 cm³/mol. The molecule has 1 fully saturated rings. The Bertz CT molecular complexity index is 1330. The number of hydrogen-bond acceptors (Lipinski definition) is 5. The number of rotatable bonds is 7. The van der Waals surface area contributed by atoms with E-state index in [-0.39, 0.29) is 12.6 Å². The monoisotopic (exact) mass is 497 g/mol. The normalized spacial score (nSPS) is 18.4. The zero-order valence-corrected chi connectivity index (χ0v) is 20.4. The van der Waals surface area contributed by atoms with Crippen LogP contribution in [-0.2, 0) is 17.9 Å². The van der Waals surface area contributed by atoms with Gasteiger partial charge in [0.25, 0.3) is 0 Å². The number of nitrogens with zero attached hydrogens (tertiary/aromatic N) is 1. The van der Waals surface area contributed by atoms with Gasteiger partial charge in [0.1, 0.15) is 11.6 Å². The Balaban J connectivity index is 1.81. The molecule has 1 aliphatic rings. The number of carbonyl (C=O) groups is 1. The largest absolute Gasteiger partial charge is 0.477 e. The van der Waals surface area contributed by atoms with Crippen molar-refractivity contribution in [2.75, 3.05) is 18.6 Å². The first-order valence-corrected chi connectivity index (χ1v) is 13.8. The Morgan fingerprint density at radius 3 is 2.29 bits per heavy atom.